The number of hydrogen-bond acceptors (Lipinski definition) is 3. The fourth-order valence-electron chi connectivity index (χ4n) is 2.51. The fourth-order valence-corrected chi connectivity index (χ4v) is 2.51. The van der Waals surface area contributed by atoms with Crippen LogP contribution >= 0.6 is 0 Å². The molecule has 3 aromatic rings. The standard InChI is InChI=1S/C16H15N3O2/c1-8-6-11-14(17-7-8)19-15(18-11)12-9(2)4-5-10(3)13(12)16(20)21/h4-7H,1-3H3,(H,20,21)(H,17,18,19). The van der Waals surface area contributed by atoms with Crippen molar-refractivity contribution in [1.29, 1.82) is 0 Å². The normalized spacial score (nSPS) is 11.0. The minimum Gasteiger partial charge on any atom is -0.478 e. The molecule has 0 aliphatic heterocycles. The second-order valence-corrected chi connectivity index (χ2v) is 5.22. The van der Waals surface area contributed by atoms with Crippen LogP contribution in [0.25, 0.3) is 22.6 Å². The number of carboxylic acid groups (broad SMARTS) is 1. The van der Waals surface area contributed by atoms with E-state index < -0.39 is 5.97 Å². The number of nitrogens with one attached hydrogen (secondary N) is 1. The van der Waals surface area contributed by atoms with Crippen molar-refractivity contribution in [1.82, 2.24) is 15.0 Å². The molecule has 0 bridgehead atoms. The highest BCUT2D eigenvalue weighted by Crippen LogP contribution is 2.29. The van der Waals surface area contributed by atoms with Crippen LogP contribution in [0.3, 0.4) is 0 Å². The van der Waals surface area contributed by atoms with Crippen molar-refractivity contribution >= 4 is 17.1 Å². The van der Waals surface area contributed by atoms with Crippen molar-refractivity contribution in [2.24, 2.45) is 0 Å². The van der Waals surface area contributed by atoms with Gasteiger partial charge in [0.1, 0.15) is 5.82 Å². The van der Waals surface area contributed by atoms with Gasteiger partial charge in [-0.05, 0) is 43.5 Å². The Hall–Kier alpha value is -2.69. The number of carboxylic acids is 1. The van der Waals surface area contributed by atoms with Crippen LogP contribution in [0.15, 0.2) is 24.4 Å². The van der Waals surface area contributed by atoms with Crippen LogP contribution in [0.4, 0.5) is 0 Å². The Kier molecular flexibility index (Phi) is 2.97. The summed E-state index contributed by atoms with van der Waals surface area (Å²) in [5, 5.41) is 9.49. The lowest BCUT2D eigenvalue weighted by Gasteiger charge is -2.10. The molecule has 0 amide bonds. The van der Waals surface area contributed by atoms with Gasteiger partial charge in [0.2, 0.25) is 0 Å². The average molecular weight is 281 g/mol. The summed E-state index contributed by atoms with van der Waals surface area (Å²) in [5.41, 5.74) is 4.91. The zero-order valence-electron chi connectivity index (χ0n) is 12.1. The molecule has 3 rings (SSSR count). The molecule has 5 nitrogen and oxygen atoms in total. The molecule has 0 aliphatic rings. The lowest BCUT2D eigenvalue weighted by molar-refractivity contribution is 0.0697. The third-order valence-corrected chi connectivity index (χ3v) is 3.55. The largest absolute Gasteiger partial charge is 0.478 e. The average Bonchev–Trinajstić information content (AvgIpc) is 2.83. The van der Waals surface area contributed by atoms with Crippen LogP contribution in [-0.2, 0) is 0 Å². The maximum atomic E-state index is 11.6. The monoisotopic (exact) mass is 281 g/mol. The first kappa shape index (κ1) is 13.3. The van der Waals surface area contributed by atoms with E-state index in [0.717, 1.165) is 16.6 Å². The number of aryl methyl sites for hydroxylation is 3. The fraction of sp³-hybridized carbons (Fsp3) is 0.188. The number of pyridine rings is 1. The highest BCUT2D eigenvalue weighted by molar-refractivity contribution is 5.98. The van der Waals surface area contributed by atoms with Gasteiger partial charge in [-0.1, -0.05) is 12.1 Å². The van der Waals surface area contributed by atoms with Crippen molar-refractivity contribution in [2.45, 2.75) is 20.8 Å². The molecule has 0 unspecified atom stereocenters. The Morgan fingerprint density at radius 2 is 1.90 bits per heavy atom. The molecule has 0 fully saturated rings. The van der Waals surface area contributed by atoms with E-state index in [1.807, 2.05) is 32.0 Å². The van der Waals surface area contributed by atoms with Gasteiger partial charge in [0, 0.05) is 11.8 Å². The van der Waals surface area contributed by atoms with Gasteiger partial charge in [-0.2, -0.15) is 0 Å². The molecule has 0 saturated heterocycles. The van der Waals surface area contributed by atoms with Crippen LogP contribution in [0.2, 0.25) is 0 Å². The van der Waals surface area contributed by atoms with Gasteiger partial charge < -0.3 is 10.1 Å². The third kappa shape index (κ3) is 2.16. The summed E-state index contributed by atoms with van der Waals surface area (Å²) >= 11 is 0. The van der Waals surface area contributed by atoms with Crippen molar-refractivity contribution in [3.05, 3.63) is 46.6 Å². The van der Waals surface area contributed by atoms with E-state index in [1.165, 1.54) is 0 Å². The first-order valence-electron chi connectivity index (χ1n) is 6.63. The molecule has 2 aromatic heterocycles. The van der Waals surface area contributed by atoms with Gasteiger partial charge in [0.25, 0.3) is 0 Å². The van der Waals surface area contributed by atoms with E-state index >= 15 is 0 Å². The van der Waals surface area contributed by atoms with Crippen molar-refractivity contribution < 1.29 is 9.90 Å². The van der Waals surface area contributed by atoms with Crippen LogP contribution in [-0.4, -0.2) is 26.0 Å². The molecule has 21 heavy (non-hydrogen) atoms. The summed E-state index contributed by atoms with van der Waals surface area (Å²) in [7, 11) is 0. The molecule has 106 valence electrons. The number of aromatic nitrogens is 3. The van der Waals surface area contributed by atoms with Crippen molar-refractivity contribution in [3.63, 3.8) is 0 Å². The quantitative estimate of drug-likeness (QED) is 0.755. The van der Waals surface area contributed by atoms with Crippen LogP contribution in [0.5, 0.6) is 0 Å². The van der Waals surface area contributed by atoms with Gasteiger partial charge >= 0.3 is 5.97 Å². The summed E-state index contributed by atoms with van der Waals surface area (Å²) in [5.74, 6) is -0.405. The topological polar surface area (TPSA) is 78.9 Å². The van der Waals surface area contributed by atoms with Gasteiger partial charge in [-0.3, -0.25) is 0 Å². The van der Waals surface area contributed by atoms with E-state index in [0.29, 0.717) is 22.6 Å². The van der Waals surface area contributed by atoms with Crippen LogP contribution in [0.1, 0.15) is 27.0 Å². The molecule has 2 heterocycles. The van der Waals surface area contributed by atoms with Crippen LogP contribution < -0.4 is 0 Å². The van der Waals surface area contributed by atoms with E-state index in [1.54, 1.807) is 13.1 Å². The second kappa shape index (κ2) is 4.70. The first-order chi connectivity index (χ1) is 9.97. The highest BCUT2D eigenvalue weighted by atomic mass is 16.4. The lowest BCUT2D eigenvalue weighted by Crippen LogP contribution is -2.05. The molecule has 0 saturated carbocycles. The summed E-state index contributed by atoms with van der Waals surface area (Å²) in [4.78, 5) is 23.5. The van der Waals surface area contributed by atoms with E-state index in [2.05, 4.69) is 15.0 Å². The van der Waals surface area contributed by atoms with Gasteiger partial charge in [-0.15, -0.1) is 0 Å². The molecule has 0 atom stereocenters. The SMILES string of the molecule is Cc1cnc2nc(-c3c(C)ccc(C)c3C(=O)O)[nH]c2c1. The first-order valence-corrected chi connectivity index (χ1v) is 6.63. The smallest absolute Gasteiger partial charge is 0.336 e. The predicted octanol–water partition coefficient (Wildman–Crippen LogP) is 3.25. The number of imidazole rings is 1. The number of carbonyl (C=O) groups is 1. The van der Waals surface area contributed by atoms with Gasteiger partial charge in [0.15, 0.2) is 5.65 Å². The number of aromatic carboxylic acids is 1. The Balaban J connectivity index is 2.32. The molecular formula is C16H15N3O2. The number of benzene rings is 1. The van der Waals surface area contributed by atoms with Crippen molar-refractivity contribution in [3.8, 4) is 11.4 Å². The predicted molar refractivity (Wildman–Crippen MR) is 80.5 cm³/mol. The molecular weight excluding hydrogens is 266 g/mol. The Bertz CT molecular complexity index is 865. The number of rotatable bonds is 2. The molecule has 0 aliphatic carbocycles. The van der Waals surface area contributed by atoms with E-state index in [4.69, 9.17) is 0 Å². The summed E-state index contributed by atoms with van der Waals surface area (Å²) < 4.78 is 0. The molecule has 5 heteroatoms. The third-order valence-electron chi connectivity index (χ3n) is 3.55. The summed E-state index contributed by atoms with van der Waals surface area (Å²) in [6.07, 6.45) is 1.74. The van der Waals surface area contributed by atoms with Crippen LogP contribution in [0, 0.1) is 20.8 Å². The number of nitrogens with zero attached hydrogens (tertiary/aromatic N) is 2. The summed E-state index contributed by atoms with van der Waals surface area (Å²) in [6.45, 7) is 5.62. The maximum Gasteiger partial charge on any atom is 0.336 e. The molecule has 0 radical (unpaired) electrons. The maximum absolute atomic E-state index is 11.6. The minimum absolute atomic E-state index is 0.283. The van der Waals surface area contributed by atoms with E-state index in [9.17, 15) is 9.90 Å². The zero-order chi connectivity index (χ0) is 15.1. The number of hydrogen-bond donors (Lipinski definition) is 2. The summed E-state index contributed by atoms with van der Waals surface area (Å²) in [6, 6.07) is 5.67. The Morgan fingerprint density at radius 3 is 2.62 bits per heavy atom. The highest BCUT2D eigenvalue weighted by Gasteiger charge is 2.19. The van der Waals surface area contributed by atoms with Gasteiger partial charge in [-0.25, -0.2) is 14.8 Å². The van der Waals surface area contributed by atoms with Crippen molar-refractivity contribution in [2.75, 3.05) is 0 Å². The molecule has 0 spiro atoms. The minimum atomic E-state index is -0.948. The molecule has 1 aromatic carbocycles. The Morgan fingerprint density at radius 1 is 1.19 bits per heavy atom. The lowest BCUT2D eigenvalue weighted by atomic mass is 9.97. The second-order valence-electron chi connectivity index (χ2n) is 5.22. The zero-order valence-corrected chi connectivity index (χ0v) is 12.1. The number of aromatic amines is 1. The molecule has 2 N–H and O–H groups in total. The Labute approximate surface area is 121 Å². The van der Waals surface area contributed by atoms with Gasteiger partial charge in [0.05, 0.1) is 11.1 Å². The number of fused-ring (bicyclic) bond motifs is 1. The van der Waals surface area contributed by atoms with E-state index in [-0.39, 0.29) is 5.56 Å². The number of H-pyrrole nitrogens is 1.